The number of para-hydroxylation sites is 2. The molecule has 0 N–H and O–H groups in total. The summed E-state index contributed by atoms with van der Waals surface area (Å²) in [5.74, 6) is 0. The second kappa shape index (κ2) is 8.81. The molecule has 9 rings (SSSR count). The second-order valence-electron chi connectivity index (χ2n) is 10.8. The summed E-state index contributed by atoms with van der Waals surface area (Å²) in [5.41, 5.74) is 7.36. The number of rotatable bonds is 2. The summed E-state index contributed by atoms with van der Waals surface area (Å²) >= 11 is 1.82. The minimum absolute atomic E-state index is 0.571. The Morgan fingerprint density at radius 1 is 0.581 bits per heavy atom. The van der Waals surface area contributed by atoms with Crippen molar-refractivity contribution in [1.29, 1.82) is 5.26 Å². The Balaban J connectivity index is 1.42. The quantitative estimate of drug-likeness (QED) is 0.192. The summed E-state index contributed by atoms with van der Waals surface area (Å²) < 4.78 is 7.06. The highest BCUT2D eigenvalue weighted by atomic mass is 32.1. The van der Waals surface area contributed by atoms with Crippen molar-refractivity contribution in [1.82, 2.24) is 9.13 Å². The van der Waals surface area contributed by atoms with E-state index in [9.17, 15) is 5.26 Å². The van der Waals surface area contributed by atoms with Gasteiger partial charge in [-0.05, 0) is 54.6 Å². The molecule has 0 saturated carbocycles. The van der Waals surface area contributed by atoms with E-state index in [1.165, 1.54) is 30.9 Å². The summed E-state index contributed by atoms with van der Waals surface area (Å²) in [6.07, 6.45) is 0. The highest BCUT2D eigenvalue weighted by molar-refractivity contribution is 7.26. The molecule has 0 atom stereocenters. The lowest BCUT2D eigenvalue weighted by molar-refractivity contribution is 1.14. The highest BCUT2D eigenvalue weighted by Crippen LogP contribution is 2.44. The zero-order valence-corrected chi connectivity index (χ0v) is 23.6. The summed E-state index contributed by atoms with van der Waals surface area (Å²) in [6.45, 7) is 8.07. The van der Waals surface area contributed by atoms with Crippen LogP contribution in [0.4, 0.5) is 5.69 Å². The lowest BCUT2D eigenvalue weighted by atomic mass is 10.1. The van der Waals surface area contributed by atoms with E-state index in [1.807, 2.05) is 53.8 Å². The predicted molar refractivity (Wildman–Crippen MR) is 179 cm³/mol. The monoisotopic (exact) mass is 564 g/mol. The van der Waals surface area contributed by atoms with Gasteiger partial charge in [0.15, 0.2) is 5.69 Å². The van der Waals surface area contributed by atoms with Gasteiger partial charge in [0.05, 0.1) is 45.0 Å². The molecule has 0 saturated heterocycles. The van der Waals surface area contributed by atoms with Gasteiger partial charge >= 0.3 is 0 Å². The van der Waals surface area contributed by atoms with Gasteiger partial charge in [-0.15, -0.1) is 11.3 Å². The van der Waals surface area contributed by atoms with Crippen molar-refractivity contribution in [3.63, 3.8) is 0 Å². The maximum absolute atomic E-state index is 9.61. The fourth-order valence-corrected chi connectivity index (χ4v) is 7.96. The van der Waals surface area contributed by atoms with E-state index in [0.29, 0.717) is 11.3 Å². The number of hydrogen-bond acceptors (Lipinski definition) is 2. The molecule has 0 aliphatic rings. The van der Waals surface area contributed by atoms with Crippen molar-refractivity contribution in [2.45, 2.75) is 0 Å². The Hall–Kier alpha value is -5.88. The van der Waals surface area contributed by atoms with Crippen molar-refractivity contribution in [3.05, 3.63) is 138 Å². The molecule has 0 fully saturated rings. The standard InChI is InChI=1S/C38H20N4S/c1-40-24-19-25(41-33-11-5-3-9-28(33)32-18-23(22-39)14-17-35(32)41)21-26(20-24)42-34-12-6-2-8-27(34)30-15-16-31-29-10-4-7-13-36(29)43-38(31)37(30)42/h2-21H. The molecular formula is C38H20N4S. The van der Waals surface area contributed by atoms with Gasteiger partial charge in [-0.3, -0.25) is 0 Å². The van der Waals surface area contributed by atoms with Crippen LogP contribution in [0.15, 0.2) is 121 Å². The third-order valence-electron chi connectivity index (χ3n) is 8.51. The van der Waals surface area contributed by atoms with Crippen LogP contribution in [-0.4, -0.2) is 9.13 Å². The molecule has 198 valence electrons. The van der Waals surface area contributed by atoms with Gasteiger partial charge in [-0.2, -0.15) is 5.26 Å². The number of thiophene rings is 1. The molecule has 43 heavy (non-hydrogen) atoms. The average Bonchev–Trinajstić information content (AvgIpc) is 3.72. The number of hydrogen-bond donors (Lipinski definition) is 0. The van der Waals surface area contributed by atoms with E-state index in [0.717, 1.165) is 44.2 Å². The zero-order valence-electron chi connectivity index (χ0n) is 22.7. The highest BCUT2D eigenvalue weighted by Gasteiger charge is 2.19. The number of aromatic nitrogens is 2. The largest absolute Gasteiger partial charge is 0.310 e. The van der Waals surface area contributed by atoms with Gasteiger partial charge in [0, 0.05) is 48.4 Å². The Morgan fingerprint density at radius 3 is 1.98 bits per heavy atom. The maximum Gasteiger partial charge on any atom is 0.191 e. The minimum Gasteiger partial charge on any atom is -0.310 e. The molecule has 0 bridgehead atoms. The number of benzene rings is 6. The van der Waals surface area contributed by atoms with Crippen molar-refractivity contribution >= 4 is 80.8 Å². The van der Waals surface area contributed by atoms with E-state index in [2.05, 4.69) is 98.9 Å². The summed E-state index contributed by atoms with van der Waals surface area (Å²) in [5, 5.41) is 16.6. The van der Waals surface area contributed by atoms with E-state index in [-0.39, 0.29) is 0 Å². The summed E-state index contributed by atoms with van der Waals surface area (Å²) in [7, 11) is 0. The Kier molecular flexibility index (Phi) is 4.87. The molecule has 4 nitrogen and oxygen atoms in total. The van der Waals surface area contributed by atoms with Crippen LogP contribution in [0.1, 0.15) is 5.56 Å². The minimum atomic E-state index is 0.571. The van der Waals surface area contributed by atoms with Crippen molar-refractivity contribution < 1.29 is 0 Å². The van der Waals surface area contributed by atoms with E-state index in [1.54, 1.807) is 0 Å². The van der Waals surface area contributed by atoms with Gasteiger partial charge in [-0.25, -0.2) is 4.85 Å². The van der Waals surface area contributed by atoms with Crippen molar-refractivity contribution in [3.8, 4) is 17.4 Å². The van der Waals surface area contributed by atoms with Crippen molar-refractivity contribution in [2.75, 3.05) is 0 Å². The Morgan fingerprint density at radius 2 is 1.21 bits per heavy atom. The second-order valence-corrected chi connectivity index (χ2v) is 11.9. The molecule has 0 unspecified atom stereocenters. The molecule has 0 aliphatic carbocycles. The predicted octanol–water partition coefficient (Wildman–Crippen LogP) is 10.7. The van der Waals surface area contributed by atoms with E-state index >= 15 is 0 Å². The van der Waals surface area contributed by atoms with Crippen LogP contribution in [0.2, 0.25) is 0 Å². The molecule has 3 heterocycles. The van der Waals surface area contributed by atoms with Gasteiger partial charge in [0.2, 0.25) is 0 Å². The molecule has 5 heteroatoms. The first kappa shape index (κ1) is 23.8. The van der Waals surface area contributed by atoms with Gasteiger partial charge in [0.1, 0.15) is 0 Å². The molecule has 0 amide bonds. The average molecular weight is 565 g/mol. The SMILES string of the molecule is [C-]#[N+]c1cc(-n2c3ccccc3c3cc(C#N)ccc32)cc(-n2c3ccccc3c3ccc4c5ccccc5sc4c32)c1. The number of nitriles is 1. The third-order valence-corrected chi connectivity index (χ3v) is 9.71. The first-order valence-electron chi connectivity index (χ1n) is 14.0. The smallest absolute Gasteiger partial charge is 0.191 e. The summed E-state index contributed by atoms with van der Waals surface area (Å²) in [4.78, 5) is 3.94. The van der Waals surface area contributed by atoms with Crippen LogP contribution in [0.3, 0.4) is 0 Å². The van der Waals surface area contributed by atoms with Crippen LogP contribution >= 0.6 is 11.3 Å². The molecule has 0 radical (unpaired) electrons. The molecule has 3 aromatic heterocycles. The first-order chi connectivity index (χ1) is 21.2. The maximum atomic E-state index is 9.61. The lowest BCUT2D eigenvalue weighted by Gasteiger charge is -2.14. The molecule has 6 aromatic carbocycles. The van der Waals surface area contributed by atoms with Crippen molar-refractivity contribution in [2.24, 2.45) is 0 Å². The molecule has 9 aromatic rings. The van der Waals surface area contributed by atoms with Gasteiger partial charge in [0.25, 0.3) is 0 Å². The zero-order chi connectivity index (χ0) is 28.7. The third kappa shape index (κ3) is 3.29. The van der Waals surface area contributed by atoms with Gasteiger partial charge in [-0.1, -0.05) is 66.7 Å². The molecule has 0 spiro atoms. The van der Waals surface area contributed by atoms with Crippen LogP contribution in [-0.2, 0) is 0 Å². The number of nitrogens with zero attached hydrogens (tertiary/aromatic N) is 4. The Labute approximate surface area is 250 Å². The van der Waals surface area contributed by atoms with Crippen LogP contribution in [0, 0.1) is 17.9 Å². The molecule has 0 aliphatic heterocycles. The van der Waals surface area contributed by atoms with Crippen LogP contribution in [0.25, 0.3) is 80.0 Å². The summed E-state index contributed by atoms with van der Waals surface area (Å²) in [6, 6.07) is 44.2. The van der Waals surface area contributed by atoms with Crippen LogP contribution in [0.5, 0.6) is 0 Å². The van der Waals surface area contributed by atoms with E-state index in [4.69, 9.17) is 6.57 Å². The lowest BCUT2D eigenvalue weighted by Crippen LogP contribution is -1.99. The first-order valence-corrected chi connectivity index (χ1v) is 14.9. The number of fused-ring (bicyclic) bond motifs is 10. The topological polar surface area (TPSA) is 38.0 Å². The fraction of sp³-hybridized carbons (Fsp3) is 0. The van der Waals surface area contributed by atoms with Gasteiger partial charge < -0.3 is 9.13 Å². The normalized spacial score (nSPS) is 11.7. The van der Waals surface area contributed by atoms with Crippen LogP contribution < -0.4 is 0 Å². The molecular weight excluding hydrogens is 545 g/mol. The Bertz CT molecular complexity index is 2710. The fourth-order valence-electron chi connectivity index (χ4n) is 6.72. The van der Waals surface area contributed by atoms with E-state index < -0.39 is 0 Å².